The van der Waals surface area contributed by atoms with E-state index in [1.54, 1.807) is 31.4 Å². The van der Waals surface area contributed by atoms with Gasteiger partial charge in [0.05, 0.1) is 30.9 Å². The van der Waals surface area contributed by atoms with Crippen molar-refractivity contribution in [3.63, 3.8) is 0 Å². The monoisotopic (exact) mass is 575 g/mol. The number of carbonyl (C=O) groups is 2. The van der Waals surface area contributed by atoms with E-state index in [0.29, 0.717) is 17.2 Å². The summed E-state index contributed by atoms with van der Waals surface area (Å²) < 4.78 is 28.7. The van der Waals surface area contributed by atoms with Crippen LogP contribution in [0, 0.1) is 50.2 Å². The smallest absolute Gasteiger partial charge is 0 e. The van der Waals surface area contributed by atoms with Gasteiger partial charge in [0.1, 0.15) is 0 Å². The summed E-state index contributed by atoms with van der Waals surface area (Å²) in [4.78, 5) is 27.7. The van der Waals surface area contributed by atoms with Crippen molar-refractivity contribution in [2.24, 2.45) is 0 Å². The zero-order valence-electron chi connectivity index (χ0n) is 21.0. The van der Waals surface area contributed by atoms with Crippen LogP contribution in [0.3, 0.4) is 0 Å². The molecule has 0 N–H and O–H groups in total. The molecule has 2 aliphatic rings. The van der Waals surface area contributed by atoms with Crippen LogP contribution in [-0.2, 0) is 35.8 Å². The SMILES string of the molecule is CO[P+]1(C)[C](c2ccccc2)[CH][C](N2C(=O)c3ccccc3C2=O)[CH][C]1c1ccccc1.[C-]#[O+].[C-]#[O+].[C-]#[O+].[Cr]. The van der Waals surface area contributed by atoms with Gasteiger partial charge in [0, 0.05) is 41.3 Å². The summed E-state index contributed by atoms with van der Waals surface area (Å²) in [6, 6.07) is 27.6. The molecular weight excluding hydrogens is 553 g/mol. The van der Waals surface area contributed by atoms with Crippen LogP contribution >= 0.6 is 7.49 Å². The number of nitrogens with zero attached hydrogens (tertiary/aromatic N) is 1. The van der Waals surface area contributed by atoms with Gasteiger partial charge < -0.3 is 0 Å². The Balaban J connectivity index is 0.00000102. The first kappa shape index (κ1) is 34.0. The standard InChI is InChI=1S/C27H22NO3P.3CO.Cr/c1-31-32(2)24(19-11-5-3-6-12-19)17-21(18-25(32)20-13-7-4-8-14-20)28-26(29)22-15-9-10-16-23(22)27(28)30;3*1-2;/h3-18H,1-2H3;;;;/q+1;;;;. The minimum absolute atomic E-state index is 0. The molecule has 1 fully saturated rings. The molecule has 0 aliphatic carbocycles. The van der Waals surface area contributed by atoms with E-state index in [4.69, 9.17) is 18.5 Å². The second-order valence-corrected chi connectivity index (χ2v) is 11.0. The van der Waals surface area contributed by atoms with Gasteiger partial charge >= 0.3 is 33.9 Å². The maximum Gasteiger partial charge on any atom is 0 e. The van der Waals surface area contributed by atoms with Gasteiger partial charge in [-0.2, -0.15) is 0 Å². The zero-order valence-corrected chi connectivity index (χ0v) is 23.2. The van der Waals surface area contributed by atoms with Gasteiger partial charge in [-0.15, -0.1) is 0 Å². The first-order valence-electron chi connectivity index (χ1n) is 11.0. The Morgan fingerprint density at radius 3 is 1.31 bits per heavy atom. The number of carbonyl (C=O) groups excluding carboxylic acids is 2. The van der Waals surface area contributed by atoms with Gasteiger partial charge in [0.15, 0.2) is 18.8 Å². The van der Waals surface area contributed by atoms with Crippen LogP contribution in [0.25, 0.3) is 0 Å². The summed E-state index contributed by atoms with van der Waals surface area (Å²) in [5.41, 5.74) is 4.89. The molecule has 2 amide bonds. The fourth-order valence-corrected chi connectivity index (χ4v) is 7.02. The summed E-state index contributed by atoms with van der Waals surface area (Å²) in [5.74, 6) is -0.598. The van der Waals surface area contributed by atoms with Crippen LogP contribution < -0.4 is 0 Å². The van der Waals surface area contributed by atoms with Crippen molar-refractivity contribution in [2.45, 2.75) is 0 Å². The van der Waals surface area contributed by atoms with Crippen molar-refractivity contribution in [3.05, 3.63) is 157 Å². The molecule has 5 radical (unpaired) electrons. The largest absolute Gasteiger partial charge is 0 e. The Hall–Kier alpha value is -3.06. The number of rotatable bonds is 4. The Labute approximate surface area is 240 Å². The number of fused-ring (bicyclic) bond motifs is 1. The van der Waals surface area contributed by atoms with E-state index >= 15 is 0 Å². The average Bonchev–Trinajstić information content (AvgIpc) is 3.26. The second kappa shape index (κ2) is 16.1. The van der Waals surface area contributed by atoms with Crippen molar-refractivity contribution < 1.29 is 45.4 Å². The summed E-state index contributed by atoms with van der Waals surface area (Å²) in [7, 11) is -0.517. The molecule has 7 nitrogen and oxygen atoms in total. The molecule has 0 bridgehead atoms. The number of amides is 2. The van der Waals surface area contributed by atoms with E-state index in [9.17, 15) is 9.59 Å². The quantitative estimate of drug-likeness (QED) is 0.178. The Kier molecular flexibility index (Phi) is 14.1. The minimum Gasteiger partial charge on any atom is 0 e. The van der Waals surface area contributed by atoms with E-state index in [-0.39, 0.29) is 29.2 Å². The predicted octanol–water partition coefficient (Wildman–Crippen LogP) is 5.49. The van der Waals surface area contributed by atoms with Crippen molar-refractivity contribution in [1.82, 2.24) is 4.90 Å². The van der Waals surface area contributed by atoms with Gasteiger partial charge in [-0.25, -0.2) is 4.52 Å². The van der Waals surface area contributed by atoms with Crippen LogP contribution in [0.4, 0.5) is 0 Å². The van der Waals surface area contributed by atoms with E-state index in [2.05, 4.69) is 26.6 Å². The molecule has 0 spiro atoms. The van der Waals surface area contributed by atoms with Gasteiger partial charge in [-0.3, -0.25) is 14.5 Å². The van der Waals surface area contributed by atoms with Crippen molar-refractivity contribution in [2.75, 3.05) is 13.8 Å². The molecule has 2 heterocycles. The molecule has 3 aromatic carbocycles. The number of hydrogen-bond acceptors (Lipinski definition) is 3. The Morgan fingerprint density at radius 2 is 0.974 bits per heavy atom. The minimum atomic E-state index is -2.25. The average molecular weight is 575 g/mol. The van der Waals surface area contributed by atoms with Crippen molar-refractivity contribution >= 4 is 19.3 Å². The third kappa shape index (κ3) is 6.75. The van der Waals surface area contributed by atoms with Gasteiger partial charge in [0.2, 0.25) is 0 Å². The number of hydrogen-bond donors (Lipinski definition) is 0. The van der Waals surface area contributed by atoms with Gasteiger partial charge in [0.25, 0.3) is 11.8 Å². The third-order valence-electron chi connectivity index (χ3n) is 6.05. The van der Waals surface area contributed by atoms with E-state index < -0.39 is 7.49 Å². The van der Waals surface area contributed by atoms with Crippen molar-refractivity contribution in [3.8, 4) is 0 Å². The van der Waals surface area contributed by atoms with E-state index in [0.717, 1.165) is 22.4 Å². The van der Waals surface area contributed by atoms with Crippen LogP contribution in [-0.4, -0.2) is 30.5 Å². The maximum absolute atomic E-state index is 13.2. The zero-order chi connectivity index (χ0) is 28.3. The molecule has 0 aromatic heterocycles. The molecule has 39 heavy (non-hydrogen) atoms. The van der Waals surface area contributed by atoms with Gasteiger partial charge in [-0.1, -0.05) is 72.8 Å². The second-order valence-electron chi connectivity index (χ2n) is 7.81. The molecule has 0 atom stereocenters. The number of benzene rings is 3. The molecular formula is C30H22CrNO6P+. The maximum atomic E-state index is 13.2. The third-order valence-corrected chi connectivity index (χ3v) is 9.39. The molecule has 0 unspecified atom stereocenters. The molecule has 0 saturated carbocycles. The summed E-state index contributed by atoms with van der Waals surface area (Å²) in [6.45, 7) is 15.6. The summed E-state index contributed by atoms with van der Waals surface area (Å²) >= 11 is 0. The number of imide groups is 1. The fourth-order valence-electron chi connectivity index (χ4n) is 4.32. The van der Waals surface area contributed by atoms with E-state index in [1.807, 2.05) is 73.5 Å². The summed E-state index contributed by atoms with van der Waals surface area (Å²) in [6.07, 6.45) is 3.89. The molecule has 9 heteroatoms. The topological polar surface area (TPSA) is 106 Å². The fraction of sp³-hybridized carbons (Fsp3) is 0.0667. The first-order valence-corrected chi connectivity index (χ1v) is 13.1. The molecule has 193 valence electrons. The normalized spacial score (nSPS) is 16.1. The molecule has 1 saturated heterocycles. The molecule has 5 rings (SSSR count). The van der Waals surface area contributed by atoms with Crippen LogP contribution in [0.1, 0.15) is 31.8 Å². The summed E-state index contributed by atoms with van der Waals surface area (Å²) in [5, 5.41) is 0. The molecule has 3 aromatic rings. The Morgan fingerprint density at radius 1 is 0.641 bits per heavy atom. The van der Waals surface area contributed by atoms with Gasteiger partial charge in [-0.05, 0) is 12.1 Å². The molecule has 2 aliphatic heterocycles. The van der Waals surface area contributed by atoms with E-state index in [1.165, 1.54) is 4.90 Å². The Bertz CT molecular complexity index is 1200. The predicted molar refractivity (Wildman–Crippen MR) is 138 cm³/mol. The van der Waals surface area contributed by atoms with Crippen LogP contribution in [0.2, 0.25) is 0 Å². The van der Waals surface area contributed by atoms with Crippen LogP contribution in [0.5, 0.6) is 0 Å². The first-order chi connectivity index (χ1) is 18.5. The van der Waals surface area contributed by atoms with Crippen molar-refractivity contribution in [1.29, 1.82) is 0 Å². The van der Waals surface area contributed by atoms with Crippen LogP contribution in [0.15, 0.2) is 84.9 Å².